The lowest BCUT2D eigenvalue weighted by Crippen LogP contribution is -2.42. The SMILES string of the molecule is COC(=O)C(Cc1ccc(OCC(=O)Nc2ccc(Cl)cn2)c(C#N)c1)NC(C)=O. The Labute approximate surface area is 177 Å². The third-order valence-corrected chi connectivity index (χ3v) is 4.04. The summed E-state index contributed by atoms with van der Waals surface area (Å²) in [4.78, 5) is 39.1. The number of rotatable bonds is 8. The third kappa shape index (κ3) is 6.76. The number of anilines is 1. The quantitative estimate of drug-likeness (QED) is 0.611. The molecule has 156 valence electrons. The molecule has 30 heavy (non-hydrogen) atoms. The molecular weight excluding hydrogens is 412 g/mol. The highest BCUT2D eigenvalue weighted by Crippen LogP contribution is 2.21. The minimum atomic E-state index is -0.886. The molecule has 0 spiro atoms. The zero-order chi connectivity index (χ0) is 22.1. The first-order chi connectivity index (χ1) is 14.3. The lowest BCUT2D eigenvalue weighted by atomic mass is 10.0. The van der Waals surface area contributed by atoms with Crippen molar-refractivity contribution in [2.45, 2.75) is 19.4 Å². The number of carbonyl (C=O) groups is 3. The number of ether oxygens (including phenoxy) is 2. The monoisotopic (exact) mass is 430 g/mol. The molecule has 2 amide bonds. The summed E-state index contributed by atoms with van der Waals surface area (Å²) < 4.78 is 10.1. The van der Waals surface area contributed by atoms with Gasteiger partial charge in [0.2, 0.25) is 5.91 Å². The summed E-state index contributed by atoms with van der Waals surface area (Å²) in [6.45, 7) is 0.952. The number of methoxy groups -OCH3 is 1. The number of benzene rings is 1. The van der Waals surface area contributed by atoms with Gasteiger partial charge < -0.3 is 20.1 Å². The molecule has 0 aliphatic carbocycles. The number of nitrogens with zero attached hydrogens (tertiary/aromatic N) is 2. The number of hydrogen-bond acceptors (Lipinski definition) is 7. The summed E-state index contributed by atoms with van der Waals surface area (Å²) in [7, 11) is 1.22. The number of nitriles is 1. The van der Waals surface area contributed by atoms with E-state index in [9.17, 15) is 19.6 Å². The molecule has 1 atom stereocenters. The van der Waals surface area contributed by atoms with Crippen molar-refractivity contribution in [2.75, 3.05) is 19.0 Å². The van der Waals surface area contributed by atoms with Crippen LogP contribution in [0.3, 0.4) is 0 Å². The Kier molecular flexibility index (Phi) is 8.14. The molecule has 0 bridgehead atoms. The summed E-state index contributed by atoms with van der Waals surface area (Å²) in [5.74, 6) is -0.928. The normalized spacial score (nSPS) is 11.0. The number of esters is 1. The van der Waals surface area contributed by atoms with Crippen LogP contribution in [0.15, 0.2) is 36.5 Å². The highest BCUT2D eigenvalue weighted by Gasteiger charge is 2.21. The molecule has 1 aromatic carbocycles. The molecule has 1 aromatic heterocycles. The molecule has 1 unspecified atom stereocenters. The molecule has 2 aromatic rings. The van der Waals surface area contributed by atoms with Crippen LogP contribution >= 0.6 is 11.6 Å². The van der Waals surface area contributed by atoms with Crippen molar-refractivity contribution in [3.8, 4) is 11.8 Å². The maximum atomic E-state index is 12.0. The largest absolute Gasteiger partial charge is 0.482 e. The van der Waals surface area contributed by atoms with Crippen molar-refractivity contribution in [1.82, 2.24) is 10.3 Å². The van der Waals surface area contributed by atoms with Crippen molar-refractivity contribution in [2.24, 2.45) is 0 Å². The number of hydrogen-bond donors (Lipinski definition) is 2. The molecule has 1 heterocycles. The van der Waals surface area contributed by atoms with Crippen LogP contribution in [0.4, 0.5) is 5.82 Å². The Morgan fingerprint density at radius 2 is 2.03 bits per heavy atom. The molecule has 9 nitrogen and oxygen atoms in total. The van der Waals surface area contributed by atoms with E-state index in [2.05, 4.69) is 20.4 Å². The van der Waals surface area contributed by atoms with Crippen molar-refractivity contribution in [1.29, 1.82) is 5.26 Å². The van der Waals surface area contributed by atoms with E-state index in [1.165, 1.54) is 32.4 Å². The smallest absolute Gasteiger partial charge is 0.328 e. The van der Waals surface area contributed by atoms with Gasteiger partial charge in [-0.05, 0) is 29.8 Å². The summed E-state index contributed by atoms with van der Waals surface area (Å²) >= 11 is 5.74. The first-order valence-electron chi connectivity index (χ1n) is 8.74. The van der Waals surface area contributed by atoms with Crippen molar-refractivity contribution >= 4 is 35.2 Å². The summed E-state index contributed by atoms with van der Waals surface area (Å²) in [6.07, 6.45) is 1.52. The van der Waals surface area contributed by atoms with Gasteiger partial charge in [0.05, 0.1) is 17.7 Å². The highest BCUT2D eigenvalue weighted by atomic mass is 35.5. The standard InChI is InChI=1S/C20H19ClN4O5/c1-12(26)24-16(20(28)29-2)8-13-3-5-17(14(7-13)9-22)30-11-19(27)25-18-6-4-15(21)10-23-18/h3-7,10,16H,8,11H2,1-2H3,(H,24,26)(H,23,25,27). The second kappa shape index (κ2) is 10.8. The first kappa shape index (κ1) is 22.6. The van der Waals surface area contributed by atoms with Crippen molar-refractivity contribution < 1.29 is 23.9 Å². The molecule has 10 heteroatoms. The highest BCUT2D eigenvalue weighted by molar-refractivity contribution is 6.30. The van der Waals surface area contributed by atoms with Crippen molar-refractivity contribution in [3.05, 3.63) is 52.7 Å². The number of nitrogens with one attached hydrogen (secondary N) is 2. The van der Waals surface area contributed by atoms with Gasteiger partial charge in [-0.2, -0.15) is 5.26 Å². The molecule has 0 fully saturated rings. The fraction of sp³-hybridized carbons (Fsp3) is 0.250. The van der Waals surface area contributed by atoms with E-state index in [-0.39, 0.29) is 30.2 Å². The van der Waals surface area contributed by atoms with E-state index in [4.69, 9.17) is 16.3 Å². The number of pyridine rings is 1. The Morgan fingerprint density at radius 1 is 1.27 bits per heavy atom. The zero-order valence-electron chi connectivity index (χ0n) is 16.3. The van der Waals surface area contributed by atoms with Gasteiger partial charge in [0.25, 0.3) is 5.91 Å². The number of halogens is 1. The first-order valence-corrected chi connectivity index (χ1v) is 9.12. The zero-order valence-corrected chi connectivity index (χ0v) is 17.0. The lowest BCUT2D eigenvalue weighted by Gasteiger charge is -2.16. The van der Waals surface area contributed by atoms with Gasteiger partial charge in [0.1, 0.15) is 23.7 Å². The van der Waals surface area contributed by atoms with Crippen LogP contribution in [-0.2, 0) is 25.5 Å². The van der Waals surface area contributed by atoms with E-state index in [0.29, 0.717) is 16.4 Å². The van der Waals surface area contributed by atoms with Crippen LogP contribution in [0.2, 0.25) is 5.02 Å². The summed E-state index contributed by atoms with van der Waals surface area (Å²) in [5.41, 5.74) is 0.786. The van der Waals surface area contributed by atoms with Crippen LogP contribution in [0.25, 0.3) is 0 Å². The maximum Gasteiger partial charge on any atom is 0.328 e. The van der Waals surface area contributed by atoms with E-state index in [1.807, 2.05) is 6.07 Å². The number of amides is 2. The molecule has 0 radical (unpaired) electrons. The number of aromatic nitrogens is 1. The number of carbonyl (C=O) groups excluding carboxylic acids is 3. The van der Waals surface area contributed by atoms with E-state index in [0.717, 1.165) is 0 Å². The van der Waals surface area contributed by atoms with Gasteiger partial charge in [-0.3, -0.25) is 9.59 Å². The van der Waals surface area contributed by atoms with Gasteiger partial charge in [0, 0.05) is 19.5 Å². The van der Waals surface area contributed by atoms with Crippen LogP contribution < -0.4 is 15.4 Å². The van der Waals surface area contributed by atoms with Gasteiger partial charge in [-0.1, -0.05) is 17.7 Å². The minimum Gasteiger partial charge on any atom is -0.482 e. The fourth-order valence-electron chi connectivity index (χ4n) is 2.51. The molecule has 2 rings (SSSR count). The third-order valence-electron chi connectivity index (χ3n) is 3.82. The summed E-state index contributed by atoms with van der Waals surface area (Å²) in [5, 5.41) is 14.9. The van der Waals surface area contributed by atoms with E-state index < -0.39 is 17.9 Å². The second-order valence-electron chi connectivity index (χ2n) is 6.12. The molecule has 0 saturated heterocycles. The molecular formula is C20H19ClN4O5. The Morgan fingerprint density at radius 3 is 2.63 bits per heavy atom. The Bertz CT molecular complexity index is 972. The Balaban J connectivity index is 2.03. The maximum absolute atomic E-state index is 12.0. The van der Waals surface area contributed by atoms with Crippen LogP contribution in [0.5, 0.6) is 5.75 Å². The van der Waals surface area contributed by atoms with E-state index in [1.54, 1.807) is 18.2 Å². The van der Waals surface area contributed by atoms with Gasteiger partial charge >= 0.3 is 5.97 Å². The molecule has 0 aliphatic heterocycles. The van der Waals surface area contributed by atoms with Gasteiger partial charge in [-0.15, -0.1) is 0 Å². The van der Waals surface area contributed by atoms with Gasteiger partial charge in [-0.25, -0.2) is 9.78 Å². The predicted octanol–water partition coefficient (Wildman–Crippen LogP) is 1.84. The van der Waals surface area contributed by atoms with E-state index >= 15 is 0 Å². The van der Waals surface area contributed by atoms with Crippen LogP contribution in [-0.4, -0.2) is 42.5 Å². The van der Waals surface area contributed by atoms with Gasteiger partial charge in [0.15, 0.2) is 6.61 Å². The van der Waals surface area contributed by atoms with Crippen molar-refractivity contribution in [3.63, 3.8) is 0 Å². The second-order valence-corrected chi connectivity index (χ2v) is 6.56. The average Bonchev–Trinajstić information content (AvgIpc) is 2.72. The topological polar surface area (TPSA) is 130 Å². The Hall–Kier alpha value is -3.64. The fourth-order valence-corrected chi connectivity index (χ4v) is 2.62. The lowest BCUT2D eigenvalue weighted by molar-refractivity contribution is -0.144. The molecule has 0 aliphatic rings. The van der Waals surface area contributed by atoms with Crippen LogP contribution in [0, 0.1) is 11.3 Å². The minimum absolute atomic E-state index is 0.129. The molecule has 2 N–H and O–H groups in total. The molecule has 0 saturated carbocycles. The predicted molar refractivity (Wildman–Crippen MR) is 108 cm³/mol. The summed E-state index contributed by atoms with van der Waals surface area (Å²) in [6, 6.07) is 8.90. The van der Waals surface area contributed by atoms with Crippen LogP contribution in [0.1, 0.15) is 18.1 Å². The average molecular weight is 431 g/mol.